The lowest BCUT2D eigenvalue weighted by atomic mass is 10.1. The number of carbonyl (C=O) groups excluding carboxylic acids is 1. The van der Waals surface area contributed by atoms with Crippen LogP contribution in [0, 0.1) is 0 Å². The van der Waals surface area contributed by atoms with E-state index >= 15 is 0 Å². The second-order valence-corrected chi connectivity index (χ2v) is 7.57. The van der Waals surface area contributed by atoms with Crippen LogP contribution in [0.15, 0.2) is 53.1 Å². The molecule has 0 atom stereocenters. The van der Waals surface area contributed by atoms with E-state index < -0.39 is 29.7 Å². The summed E-state index contributed by atoms with van der Waals surface area (Å²) in [5.41, 5.74) is 0.470. The molecule has 32 heavy (non-hydrogen) atoms. The molecule has 3 aromatic rings. The van der Waals surface area contributed by atoms with Crippen molar-refractivity contribution in [2.45, 2.75) is 25.7 Å². The van der Waals surface area contributed by atoms with Gasteiger partial charge in [-0.3, -0.25) is 4.79 Å². The van der Waals surface area contributed by atoms with Crippen LogP contribution >= 0.6 is 0 Å². The fraction of sp³-hybridized carbons (Fsp3) is 0.348. The van der Waals surface area contributed by atoms with Gasteiger partial charge < -0.3 is 20.0 Å². The Morgan fingerprint density at radius 1 is 1.19 bits per heavy atom. The first kappa shape index (κ1) is 21.9. The van der Waals surface area contributed by atoms with Crippen molar-refractivity contribution in [3.63, 3.8) is 0 Å². The molecule has 0 radical (unpaired) electrons. The minimum absolute atomic E-state index is 0.0258. The lowest BCUT2D eigenvalue weighted by Gasteiger charge is -2.21. The van der Waals surface area contributed by atoms with Crippen molar-refractivity contribution in [3.8, 4) is 11.5 Å². The van der Waals surface area contributed by atoms with Gasteiger partial charge in [0.05, 0.1) is 11.9 Å². The van der Waals surface area contributed by atoms with Crippen molar-refractivity contribution < 1.29 is 18.0 Å². The van der Waals surface area contributed by atoms with E-state index in [1.54, 1.807) is 42.5 Å². The van der Waals surface area contributed by atoms with Crippen LogP contribution in [-0.4, -0.2) is 42.1 Å². The van der Waals surface area contributed by atoms with Gasteiger partial charge in [-0.1, -0.05) is 25.1 Å². The van der Waals surface area contributed by atoms with Gasteiger partial charge in [0.25, 0.3) is 5.91 Å². The molecule has 2 N–H and O–H groups in total. The smallest absolute Gasteiger partial charge is 0.306 e. The summed E-state index contributed by atoms with van der Waals surface area (Å²) in [5, 5.41) is 5.95. The third kappa shape index (κ3) is 4.77. The number of benzene rings is 1. The monoisotopic (exact) mass is 441 g/mol. The number of nitrogens with zero attached hydrogens (tertiary/aromatic N) is 3. The molecule has 0 unspecified atom stereocenters. The molecule has 1 aliphatic rings. The first-order valence-electron chi connectivity index (χ1n) is 10.7. The van der Waals surface area contributed by atoms with Crippen molar-refractivity contribution in [2.24, 2.45) is 0 Å². The van der Waals surface area contributed by atoms with Crippen molar-refractivity contribution in [2.75, 3.05) is 36.4 Å². The quantitative estimate of drug-likeness (QED) is 0.594. The Labute approximate surface area is 184 Å². The van der Waals surface area contributed by atoms with E-state index in [4.69, 9.17) is 4.42 Å². The molecule has 0 aliphatic carbocycles. The molecule has 1 aromatic carbocycles. The fourth-order valence-corrected chi connectivity index (χ4v) is 3.50. The molecule has 1 aliphatic heterocycles. The van der Waals surface area contributed by atoms with E-state index in [9.17, 15) is 13.6 Å². The first-order chi connectivity index (χ1) is 15.5. The summed E-state index contributed by atoms with van der Waals surface area (Å²) in [7, 11) is 0. The van der Waals surface area contributed by atoms with E-state index in [0.29, 0.717) is 11.3 Å². The van der Waals surface area contributed by atoms with Crippen molar-refractivity contribution >= 4 is 17.4 Å². The standard InChI is InChI=1S/C23H25F2N5O2/c1-2-23(24,25)20-19(29-22(32-20)16-7-4-3-5-8-16)21(31)28-17-9-10-18(27-15-17)30-13-6-11-26-12-14-30/h3-5,7-10,15,26H,2,6,11-14H2,1H3,(H,28,31). The van der Waals surface area contributed by atoms with Crippen LogP contribution in [0.25, 0.3) is 11.5 Å². The number of pyridine rings is 1. The largest absolute Gasteiger partial charge is 0.434 e. The van der Waals surface area contributed by atoms with Gasteiger partial charge in [0.15, 0.2) is 5.69 Å². The van der Waals surface area contributed by atoms with Gasteiger partial charge in [-0.25, -0.2) is 9.97 Å². The Kier molecular flexibility index (Phi) is 6.45. The molecule has 7 nitrogen and oxygen atoms in total. The summed E-state index contributed by atoms with van der Waals surface area (Å²) in [6.07, 6.45) is 2.02. The van der Waals surface area contributed by atoms with Gasteiger partial charge in [-0.2, -0.15) is 8.78 Å². The third-order valence-electron chi connectivity index (χ3n) is 5.31. The summed E-state index contributed by atoms with van der Waals surface area (Å²) in [5.74, 6) is -4.05. The molecule has 3 heterocycles. The molecule has 1 fully saturated rings. The van der Waals surface area contributed by atoms with Crippen molar-refractivity contribution in [1.29, 1.82) is 0 Å². The molecule has 0 saturated carbocycles. The molecule has 1 amide bonds. The van der Waals surface area contributed by atoms with Crippen molar-refractivity contribution in [1.82, 2.24) is 15.3 Å². The lowest BCUT2D eigenvalue weighted by molar-refractivity contribution is -0.0296. The Morgan fingerprint density at radius 3 is 2.72 bits per heavy atom. The van der Waals surface area contributed by atoms with E-state index in [0.717, 1.165) is 38.4 Å². The van der Waals surface area contributed by atoms with Crippen LogP contribution < -0.4 is 15.5 Å². The number of nitrogens with one attached hydrogen (secondary N) is 2. The second kappa shape index (κ2) is 9.44. The van der Waals surface area contributed by atoms with Gasteiger partial charge >= 0.3 is 5.92 Å². The van der Waals surface area contributed by atoms with E-state index in [1.165, 1.54) is 13.1 Å². The summed E-state index contributed by atoms with van der Waals surface area (Å²) >= 11 is 0. The number of alkyl halides is 2. The van der Waals surface area contributed by atoms with E-state index in [-0.39, 0.29) is 5.89 Å². The van der Waals surface area contributed by atoms with Crippen LogP contribution in [0.5, 0.6) is 0 Å². The topological polar surface area (TPSA) is 83.3 Å². The zero-order valence-electron chi connectivity index (χ0n) is 17.8. The average Bonchev–Trinajstić information content (AvgIpc) is 3.11. The normalized spacial score (nSPS) is 14.8. The number of aromatic nitrogens is 2. The number of anilines is 2. The van der Waals surface area contributed by atoms with Gasteiger partial charge in [-0.05, 0) is 37.2 Å². The number of carbonyl (C=O) groups is 1. The minimum atomic E-state index is -3.32. The van der Waals surface area contributed by atoms with Crippen LogP contribution in [0.2, 0.25) is 0 Å². The third-order valence-corrected chi connectivity index (χ3v) is 5.31. The van der Waals surface area contributed by atoms with Crippen LogP contribution in [0.4, 0.5) is 20.3 Å². The number of halogens is 2. The molecule has 9 heteroatoms. The summed E-state index contributed by atoms with van der Waals surface area (Å²) in [4.78, 5) is 23.5. The average molecular weight is 441 g/mol. The Balaban J connectivity index is 1.56. The second-order valence-electron chi connectivity index (χ2n) is 7.57. The number of hydrogen-bond acceptors (Lipinski definition) is 6. The van der Waals surface area contributed by atoms with E-state index in [1.807, 2.05) is 0 Å². The number of hydrogen-bond donors (Lipinski definition) is 2. The molecule has 1 saturated heterocycles. The minimum Gasteiger partial charge on any atom is -0.434 e. The number of oxazole rings is 1. The molecule has 168 valence electrons. The summed E-state index contributed by atoms with van der Waals surface area (Å²) in [6.45, 7) is 4.91. The highest BCUT2D eigenvalue weighted by atomic mass is 19.3. The highest BCUT2D eigenvalue weighted by Gasteiger charge is 2.40. The van der Waals surface area contributed by atoms with Crippen LogP contribution in [0.3, 0.4) is 0 Å². The predicted molar refractivity (Wildman–Crippen MR) is 118 cm³/mol. The fourth-order valence-electron chi connectivity index (χ4n) is 3.50. The highest BCUT2D eigenvalue weighted by Crippen LogP contribution is 2.36. The molecule has 2 aromatic heterocycles. The molecular formula is C23H25F2N5O2. The van der Waals surface area contributed by atoms with E-state index in [2.05, 4.69) is 25.5 Å². The summed E-state index contributed by atoms with van der Waals surface area (Å²) < 4.78 is 34.4. The summed E-state index contributed by atoms with van der Waals surface area (Å²) in [6, 6.07) is 12.1. The maximum Gasteiger partial charge on any atom is 0.306 e. The molecular weight excluding hydrogens is 416 g/mol. The molecule has 4 rings (SSSR count). The molecule has 0 bridgehead atoms. The first-order valence-corrected chi connectivity index (χ1v) is 10.7. The SMILES string of the molecule is CCC(F)(F)c1oc(-c2ccccc2)nc1C(=O)Nc1ccc(N2CCCNCC2)nc1. The van der Waals surface area contributed by atoms with Gasteiger partial charge in [0.1, 0.15) is 5.82 Å². The Morgan fingerprint density at radius 2 is 2.00 bits per heavy atom. The Hall–Kier alpha value is -3.33. The van der Waals surface area contributed by atoms with Crippen LogP contribution in [-0.2, 0) is 5.92 Å². The lowest BCUT2D eigenvalue weighted by Crippen LogP contribution is -2.28. The van der Waals surface area contributed by atoms with Gasteiger partial charge in [-0.15, -0.1) is 0 Å². The number of amides is 1. The number of rotatable bonds is 6. The maximum absolute atomic E-state index is 14.5. The zero-order chi connectivity index (χ0) is 22.6. The maximum atomic E-state index is 14.5. The zero-order valence-corrected chi connectivity index (χ0v) is 17.8. The van der Waals surface area contributed by atoms with Gasteiger partial charge in [0.2, 0.25) is 11.7 Å². The Bertz CT molecular complexity index is 1050. The van der Waals surface area contributed by atoms with Gasteiger partial charge in [0, 0.05) is 31.6 Å². The highest BCUT2D eigenvalue weighted by molar-refractivity contribution is 6.04. The van der Waals surface area contributed by atoms with Crippen molar-refractivity contribution in [3.05, 3.63) is 60.1 Å². The molecule has 0 spiro atoms. The predicted octanol–water partition coefficient (Wildman–Crippen LogP) is 4.29. The van der Waals surface area contributed by atoms with Crippen LogP contribution in [0.1, 0.15) is 36.0 Å².